The van der Waals surface area contributed by atoms with E-state index in [2.05, 4.69) is 20.2 Å². The number of nitrogens with zero attached hydrogens (tertiary/aromatic N) is 3. The maximum Gasteiger partial charge on any atom is 0.248 e. The van der Waals surface area contributed by atoms with Crippen molar-refractivity contribution in [2.45, 2.75) is 19.6 Å². The summed E-state index contributed by atoms with van der Waals surface area (Å²) in [6.45, 7) is 3.98. The Morgan fingerprint density at radius 2 is 2.10 bits per heavy atom. The first kappa shape index (κ1) is 20.0. The Bertz CT molecular complexity index is 1070. The molecule has 1 aliphatic heterocycles. The second-order valence-electron chi connectivity index (χ2n) is 7.21. The van der Waals surface area contributed by atoms with Gasteiger partial charge in [-0.2, -0.15) is 4.98 Å². The number of aromatic nitrogens is 2. The minimum Gasteiger partial charge on any atom is -0.486 e. The monoisotopic (exact) mass is 423 g/mol. The molecule has 0 aliphatic carbocycles. The van der Waals surface area contributed by atoms with E-state index in [4.69, 9.17) is 22.1 Å². The average Bonchev–Trinajstić information content (AvgIpc) is 2.70. The minimum atomic E-state index is -0.446. The zero-order valence-electron chi connectivity index (χ0n) is 16.5. The van der Waals surface area contributed by atoms with E-state index in [1.807, 2.05) is 37.3 Å². The van der Waals surface area contributed by atoms with Crippen LogP contribution in [0.3, 0.4) is 0 Å². The molecule has 0 bridgehead atoms. The van der Waals surface area contributed by atoms with Crippen molar-refractivity contribution in [3.8, 4) is 5.75 Å². The molecule has 0 atom stereocenters. The van der Waals surface area contributed by atoms with Crippen LogP contribution in [0, 0.1) is 6.92 Å². The van der Waals surface area contributed by atoms with Gasteiger partial charge in [-0.1, -0.05) is 23.7 Å². The third kappa shape index (κ3) is 4.63. The third-order valence-corrected chi connectivity index (χ3v) is 5.14. The van der Waals surface area contributed by atoms with Crippen molar-refractivity contribution in [1.29, 1.82) is 0 Å². The molecule has 0 spiro atoms. The van der Waals surface area contributed by atoms with Crippen LogP contribution in [0.15, 0.2) is 54.7 Å². The Morgan fingerprint density at radius 3 is 2.87 bits per heavy atom. The Kier molecular flexibility index (Phi) is 5.72. The summed E-state index contributed by atoms with van der Waals surface area (Å²) in [5.41, 5.74) is 7.76. The number of nitrogens with two attached hydrogens (primary N) is 1. The second-order valence-corrected chi connectivity index (χ2v) is 7.65. The number of carbonyl (C=O) groups excluding carboxylic acids is 1. The molecule has 3 N–H and O–H groups in total. The van der Waals surface area contributed by atoms with Gasteiger partial charge in [-0.25, -0.2) is 4.98 Å². The van der Waals surface area contributed by atoms with Crippen molar-refractivity contribution < 1.29 is 9.53 Å². The third-order valence-electron chi connectivity index (χ3n) is 4.91. The van der Waals surface area contributed by atoms with Crippen LogP contribution in [0.25, 0.3) is 0 Å². The predicted octanol–water partition coefficient (Wildman–Crippen LogP) is 3.42. The molecule has 1 fully saturated rings. The van der Waals surface area contributed by atoms with E-state index in [1.165, 1.54) is 0 Å². The number of ether oxygens (including phenoxy) is 1. The molecule has 1 saturated heterocycles. The van der Waals surface area contributed by atoms with Gasteiger partial charge in [0.15, 0.2) is 0 Å². The molecule has 7 nitrogen and oxygen atoms in total. The highest BCUT2D eigenvalue weighted by Crippen LogP contribution is 2.27. The maximum atomic E-state index is 11.3. The van der Waals surface area contributed by atoms with E-state index in [9.17, 15) is 4.79 Å². The van der Waals surface area contributed by atoms with Crippen molar-refractivity contribution in [1.82, 2.24) is 9.97 Å². The molecule has 0 radical (unpaired) electrons. The lowest BCUT2D eigenvalue weighted by Crippen LogP contribution is -2.54. The number of hydrogen-bond acceptors (Lipinski definition) is 6. The number of benzene rings is 2. The Labute approximate surface area is 179 Å². The minimum absolute atomic E-state index is 0.104. The molecule has 0 saturated carbocycles. The number of rotatable bonds is 7. The van der Waals surface area contributed by atoms with Gasteiger partial charge >= 0.3 is 0 Å². The van der Waals surface area contributed by atoms with Gasteiger partial charge in [0, 0.05) is 23.3 Å². The molecule has 1 amide bonds. The van der Waals surface area contributed by atoms with E-state index in [-0.39, 0.29) is 6.10 Å². The van der Waals surface area contributed by atoms with Gasteiger partial charge in [0.1, 0.15) is 17.7 Å². The van der Waals surface area contributed by atoms with Crippen LogP contribution in [0.2, 0.25) is 5.02 Å². The molecular weight excluding hydrogens is 402 g/mol. The zero-order valence-corrected chi connectivity index (χ0v) is 17.3. The van der Waals surface area contributed by atoms with Crippen LogP contribution in [-0.4, -0.2) is 35.1 Å². The van der Waals surface area contributed by atoms with Crippen molar-refractivity contribution in [3.63, 3.8) is 0 Å². The summed E-state index contributed by atoms with van der Waals surface area (Å²) >= 11 is 6.00. The Hall–Kier alpha value is -3.32. The van der Waals surface area contributed by atoms with Gasteiger partial charge in [0.2, 0.25) is 11.9 Å². The maximum absolute atomic E-state index is 11.3. The first-order valence-electron chi connectivity index (χ1n) is 9.61. The van der Waals surface area contributed by atoms with Crippen LogP contribution in [0.5, 0.6) is 5.75 Å². The van der Waals surface area contributed by atoms with Crippen LogP contribution in [-0.2, 0) is 6.54 Å². The van der Waals surface area contributed by atoms with Gasteiger partial charge in [0.05, 0.1) is 13.1 Å². The number of halogens is 1. The van der Waals surface area contributed by atoms with Crippen molar-refractivity contribution in [2.75, 3.05) is 23.3 Å². The molecule has 30 heavy (non-hydrogen) atoms. The van der Waals surface area contributed by atoms with Gasteiger partial charge < -0.3 is 20.7 Å². The standard InChI is InChI=1S/C22H22ClN5O2/c1-14-9-17(23)5-6-19(14)30-18-12-28(13-18)20-7-8-25-22(27-20)26-11-15-3-2-4-16(10-15)21(24)29/h2-10,18H,11-13H2,1H3,(H2,24,29)(H,25,26,27). The summed E-state index contributed by atoms with van der Waals surface area (Å²) in [4.78, 5) is 22.3. The molecule has 8 heteroatoms. The van der Waals surface area contributed by atoms with E-state index in [0.29, 0.717) is 23.1 Å². The number of aryl methyl sites for hydroxylation is 1. The summed E-state index contributed by atoms with van der Waals surface area (Å²) in [7, 11) is 0. The van der Waals surface area contributed by atoms with Gasteiger partial charge in [-0.3, -0.25) is 4.79 Å². The largest absolute Gasteiger partial charge is 0.486 e. The molecule has 3 aromatic rings. The lowest BCUT2D eigenvalue weighted by Gasteiger charge is -2.40. The predicted molar refractivity (Wildman–Crippen MR) is 117 cm³/mol. The number of hydrogen-bond donors (Lipinski definition) is 2. The second kappa shape index (κ2) is 8.59. The highest BCUT2D eigenvalue weighted by atomic mass is 35.5. The summed E-state index contributed by atoms with van der Waals surface area (Å²) in [5.74, 6) is 1.77. The average molecular weight is 424 g/mol. The van der Waals surface area contributed by atoms with E-state index in [1.54, 1.807) is 24.4 Å². The number of primary amides is 1. The molecule has 1 aromatic heterocycles. The summed E-state index contributed by atoms with van der Waals surface area (Å²) in [5, 5.41) is 3.90. The Balaban J connectivity index is 1.33. The zero-order chi connectivity index (χ0) is 21.1. The number of carbonyl (C=O) groups is 1. The lowest BCUT2D eigenvalue weighted by molar-refractivity contribution is 0.1000. The number of anilines is 2. The van der Waals surface area contributed by atoms with Crippen LogP contribution in [0.1, 0.15) is 21.5 Å². The van der Waals surface area contributed by atoms with Crippen LogP contribution < -0.4 is 20.7 Å². The number of amides is 1. The summed E-state index contributed by atoms with van der Waals surface area (Å²) < 4.78 is 6.06. The van der Waals surface area contributed by atoms with E-state index in [0.717, 1.165) is 35.8 Å². The molecule has 2 heterocycles. The van der Waals surface area contributed by atoms with Gasteiger partial charge in [-0.05, 0) is 54.4 Å². The molecule has 0 unspecified atom stereocenters. The number of nitrogens with one attached hydrogen (secondary N) is 1. The first-order chi connectivity index (χ1) is 14.5. The van der Waals surface area contributed by atoms with Crippen molar-refractivity contribution in [3.05, 3.63) is 76.4 Å². The Morgan fingerprint density at radius 1 is 1.27 bits per heavy atom. The molecular formula is C22H22ClN5O2. The molecule has 2 aromatic carbocycles. The van der Waals surface area contributed by atoms with Crippen molar-refractivity contribution >= 4 is 29.3 Å². The quantitative estimate of drug-likeness (QED) is 0.604. The van der Waals surface area contributed by atoms with Gasteiger partial charge in [0.25, 0.3) is 0 Å². The normalized spacial score (nSPS) is 13.6. The van der Waals surface area contributed by atoms with Crippen LogP contribution >= 0.6 is 11.6 Å². The molecule has 154 valence electrons. The van der Waals surface area contributed by atoms with Gasteiger partial charge in [-0.15, -0.1) is 0 Å². The highest BCUT2D eigenvalue weighted by Gasteiger charge is 2.30. The fourth-order valence-electron chi connectivity index (χ4n) is 3.25. The van der Waals surface area contributed by atoms with Crippen LogP contribution in [0.4, 0.5) is 11.8 Å². The van der Waals surface area contributed by atoms with E-state index < -0.39 is 5.91 Å². The molecule has 4 rings (SSSR count). The smallest absolute Gasteiger partial charge is 0.248 e. The topological polar surface area (TPSA) is 93.4 Å². The highest BCUT2D eigenvalue weighted by molar-refractivity contribution is 6.30. The fraction of sp³-hybridized carbons (Fsp3) is 0.227. The lowest BCUT2D eigenvalue weighted by atomic mass is 10.1. The van der Waals surface area contributed by atoms with E-state index >= 15 is 0 Å². The molecule has 1 aliphatic rings. The summed E-state index contributed by atoms with van der Waals surface area (Å²) in [6, 6.07) is 14.7. The summed E-state index contributed by atoms with van der Waals surface area (Å²) in [6.07, 6.45) is 1.83. The SMILES string of the molecule is Cc1cc(Cl)ccc1OC1CN(c2ccnc(NCc3cccc(C(N)=O)c3)n2)C1. The first-order valence-corrected chi connectivity index (χ1v) is 9.99. The fourth-order valence-corrected chi connectivity index (χ4v) is 3.48. The van der Waals surface area contributed by atoms with Crippen molar-refractivity contribution in [2.24, 2.45) is 5.73 Å².